The number of hydrogen-bond donors (Lipinski definition) is 2. The largest absolute Gasteiger partial charge is 0.495 e. The van der Waals surface area contributed by atoms with Crippen molar-refractivity contribution in [1.82, 2.24) is 9.97 Å². The molecule has 150 valence electrons. The third kappa shape index (κ3) is 4.90. The number of nitrogens with zero attached hydrogens (tertiary/aromatic N) is 2. The molecule has 1 aromatic heterocycles. The highest BCUT2D eigenvalue weighted by molar-refractivity contribution is 6.04. The second-order valence-corrected chi connectivity index (χ2v) is 7.87. The second kappa shape index (κ2) is 8.31. The Kier molecular flexibility index (Phi) is 5.82. The van der Waals surface area contributed by atoms with Crippen LogP contribution in [0.3, 0.4) is 0 Å². The molecule has 0 aliphatic rings. The lowest BCUT2D eigenvalue weighted by Crippen LogP contribution is -2.19. The van der Waals surface area contributed by atoms with Gasteiger partial charge in [-0.05, 0) is 41.7 Å². The Morgan fingerprint density at radius 1 is 1.00 bits per heavy atom. The van der Waals surface area contributed by atoms with Crippen molar-refractivity contribution in [3.05, 3.63) is 71.5 Å². The topological polar surface area (TPSA) is 76.1 Å². The van der Waals surface area contributed by atoms with E-state index in [1.54, 1.807) is 7.11 Å². The highest BCUT2D eigenvalue weighted by Gasteiger charge is 2.19. The number of para-hydroxylation sites is 1. The van der Waals surface area contributed by atoms with E-state index in [1.165, 1.54) is 12.4 Å². The van der Waals surface area contributed by atoms with Crippen LogP contribution in [0, 0.1) is 6.92 Å². The first-order valence-electron chi connectivity index (χ1n) is 9.42. The monoisotopic (exact) mass is 390 g/mol. The summed E-state index contributed by atoms with van der Waals surface area (Å²) in [6.45, 7) is 8.33. The molecule has 0 fully saturated rings. The van der Waals surface area contributed by atoms with Gasteiger partial charge in [0, 0.05) is 18.1 Å². The van der Waals surface area contributed by atoms with Gasteiger partial charge in [-0.25, -0.2) is 9.97 Å². The molecule has 0 radical (unpaired) electrons. The van der Waals surface area contributed by atoms with E-state index in [4.69, 9.17) is 4.74 Å². The first-order chi connectivity index (χ1) is 13.8. The van der Waals surface area contributed by atoms with Crippen LogP contribution in [0.2, 0.25) is 0 Å². The van der Waals surface area contributed by atoms with Crippen molar-refractivity contribution in [2.75, 3.05) is 17.7 Å². The van der Waals surface area contributed by atoms with Crippen molar-refractivity contribution in [1.29, 1.82) is 0 Å². The van der Waals surface area contributed by atoms with Crippen LogP contribution in [0.1, 0.15) is 42.3 Å². The third-order valence-corrected chi connectivity index (χ3v) is 4.50. The number of amides is 1. The molecule has 0 unspecified atom stereocenters. The van der Waals surface area contributed by atoms with Gasteiger partial charge in [0.2, 0.25) is 5.95 Å². The Bertz CT molecular complexity index is 1010. The van der Waals surface area contributed by atoms with E-state index in [0.29, 0.717) is 17.3 Å². The summed E-state index contributed by atoms with van der Waals surface area (Å²) in [5, 5.41) is 6.10. The maximum atomic E-state index is 12.7. The lowest BCUT2D eigenvalue weighted by Gasteiger charge is -2.23. The minimum Gasteiger partial charge on any atom is -0.495 e. The molecule has 6 nitrogen and oxygen atoms in total. The normalized spacial score (nSPS) is 11.1. The van der Waals surface area contributed by atoms with Crippen LogP contribution >= 0.6 is 0 Å². The summed E-state index contributed by atoms with van der Waals surface area (Å²) < 4.78 is 5.36. The molecular formula is C23H26N4O2. The van der Waals surface area contributed by atoms with Crippen molar-refractivity contribution in [2.24, 2.45) is 0 Å². The number of aromatic nitrogens is 2. The summed E-state index contributed by atoms with van der Waals surface area (Å²) in [4.78, 5) is 21.2. The van der Waals surface area contributed by atoms with Gasteiger partial charge in [0.25, 0.3) is 5.91 Å². The summed E-state index contributed by atoms with van der Waals surface area (Å²) in [5.74, 6) is 0.835. The lowest BCUT2D eigenvalue weighted by molar-refractivity contribution is 0.102. The Hall–Kier alpha value is -3.41. The van der Waals surface area contributed by atoms with Gasteiger partial charge in [0.1, 0.15) is 5.75 Å². The number of nitrogens with one attached hydrogen (secondary N) is 2. The fourth-order valence-corrected chi connectivity index (χ4v) is 2.99. The van der Waals surface area contributed by atoms with Gasteiger partial charge < -0.3 is 15.4 Å². The number of anilines is 3. The van der Waals surface area contributed by atoms with Crippen molar-refractivity contribution >= 4 is 23.2 Å². The van der Waals surface area contributed by atoms with E-state index >= 15 is 0 Å². The first kappa shape index (κ1) is 20.3. The number of methoxy groups -OCH3 is 1. The third-order valence-electron chi connectivity index (χ3n) is 4.50. The number of ether oxygens (including phenoxy) is 1. The molecular weight excluding hydrogens is 364 g/mol. The molecule has 0 saturated carbocycles. The first-order valence-corrected chi connectivity index (χ1v) is 9.42. The number of carbonyl (C=O) groups is 1. The molecule has 0 aliphatic heterocycles. The fourth-order valence-electron chi connectivity index (χ4n) is 2.99. The molecule has 3 aromatic rings. The van der Waals surface area contributed by atoms with E-state index in [0.717, 1.165) is 22.5 Å². The molecule has 0 spiro atoms. The van der Waals surface area contributed by atoms with Gasteiger partial charge >= 0.3 is 0 Å². The van der Waals surface area contributed by atoms with E-state index in [2.05, 4.69) is 41.4 Å². The molecule has 1 heterocycles. The molecule has 0 bridgehead atoms. The predicted molar refractivity (Wildman–Crippen MR) is 116 cm³/mol. The molecule has 0 saturated heterocycles. The van der Waals surface area contributed by atoms with E-state index < -0.39 is 0 Å². The Morgan fingerprint density at radius 2 is 1.69 bits per heavy atom. The van der Waals surface area contributed by atoms with Gasteiger partial charge in [-0.15, -0.1) is 0 Å². The summed E-state index contributed by atoms with van der Waals surface area (Å²) in [5.41, 5.74) is 4.01. The minimum atomic E-state index is -0.249. The smallest absolute Gasteiger partial charge is 0.258 e. The van der Waals surface area contributed by atoms with Crippen LogP contribution in [-0.2, 0) is 5.41 Å². The SMILES string of the molecule is COc1ccc(C)cc1Nc1ncc(C(=O)Nc2ccccc2C(C)(C)C)cn1. The molecule has 2 aromatic carbocycles. The average molecular weight is 390 g/mol. The maximum Gasteiger partial charge on any atom is 0.258 e. The number of benzene rings is 2. The Morgan fingerprint density at radius 3 is 2.34 bits per heavy atom. The number of carbonyl (C=O) groups excluding carboxylic acids is 1. The lowest BCUT2D eigenvalue weighted by atomic mass is 9.86. The van der Waals surface area contributed by atoms with Crippen LogP contribution < -0.4 is 15.4 Å². The van der Waals surface area contributed by atoms with Gasteiger partial charge in [0.05, 0.1) is 18.4 Å². The summed E-state index contributed by atoms with van der Waals surface area (Å²) in [7, 11) is 1.61. The summed E-state index contributed by atoms with van der Waals surface area (Å²) in [6, 6.07) is 13.6. The van der Waals surface area contributed by atoms with Gasteiger partial charge in [-0.1, -0.05) is 45.0 Å². The Balaban J connectivity index is 1.76. The van der Waals surface area contributed by atoms with Crippen LogP contribution in [0.15, 0.2) is 54.9 Å². The fraction of sp³-hybridized carbons (Fsp3) is 0.261. The molecule has 6 heteroatoms. The van der Waals surface area contributed by atoms with Crippen molar-refractivity contribution in [3.8, 4) is 5.75 Å². The molecule has 2 N–H and O–H groups in total. The summed E-state index contributed by atoms with van der Waals surface area (Å²) >= 11 is 0. The highest BCUT2D eigenvalue weighted by atomic mass is 16.5. The van der Waals surface area contributed by atoms with Crippen molar-refractivity contribution in [3.63, 3.8) is 0 Å². The van der Waals surface area contributed by atoms with E-state index in [9.17, 15) is 4.79 Å². The van der Waals surface area contributed by atoms with E-state index in [-0.39, 0.29) is 11.3 Å². The van der Waals surface area contributed by atoms with Gasteiger partial charge in [-0.2, -0.15) is 0 Å². The quantitative estimate of drug-likeness (QED) is 0.635. The predicted octanol–water partition coefficient (Wildman–Crippen LogP) is 5.09. The molecule has 1 amide bonds. The Labute approximate surface area is 171 Å². The van der Waals surface area contributed by atoms with E-state index in [1.807, 2.05) is 49.4 Å². The molecule has 29 heavy (non-hydrogen) atoms. The highest BCUT2D eigenvalue weighted by Crippen LogP contribution is 2.30. The zero-order valence-corrected chi connectivity index (χ0v) is 17.4. The minimum absolute atomic E-state index is 0.0823. The van der Waals surface area contributed by atoms with Crippen LogP contribution in [0.25, 0.3) is 0 Å². The number of hydrogen-bond acceptors (Lipinski definition) is 5. The molecule has 0 aliphatic carbocycles. The van der Waals surface area contributed by atoms with Crippen LogP contribution in [0.4, 0.5) is 17.3 Å². The molecule has 3 rings (SSSR count). The number of rotatable bonds is 5. The van der Waals surface area contributed by atoms with Gasteiger partial charge in [0.15, 0.2) is 0 Å². The number of aryl methyl sites for hydroxylation is 1. The van der Waals surface area contributed by atoms with Crippen LogP contribution in [-0.4, -0.2) is 23.0 Å². The second-order valence-electron chi connectivity index (χ2n) is 7.87. The zero-order chi connectivity index (χ0) is 21.0. The molecule has 0 atom stereocenters. The standard InChI is InChI=1S/C23H26N4O2/c1-15-10-11-20(29-5)19(12-15)27-22-24-13-16(14-25-22)21(28)26-18-9-7-6-8-17(18)23(2,3)4/h6-14H,1-5H3,(H,26,28)(H,24,25,27). The van der Waals surface area contributed by atoms with Crippen molar-refractivity contribution < 1.29 is 9.53 Å². The van der Waals surface area contributed by atoms with Crippen LogP contribution in [0.5, 0.6) is 5.75 Å². The van der Waals surface area contributed by atoms with Crippen molar-refractivity contribution in [2.45, 2.75) is 33.1 Å². The average Bonchev–Trinajstić information content (AvgIpc) is 2.68. The summed E-state index contributed by atoms with van der Waals surface area (Å²) in [6.07, 6.45) is 3.01. The van der Waals surface area contributed by atoms with Gasteiger partial charge in [-0.3, -0.25) is 4.79 Å². The zero-order valence-electron chi connectivity index (χ0n) is 17.4. The maximum absolute atomic E-state index is 12.7.